The number of carbonyl (C=O) groups excluding carboxylic acids is 2. The van der Waals surface area contributed by atoms with Gasteiger partial charge in [-0.2, -0.15) is 0 Å². The molecule has 1 aliphatic carbocycles. The van der Waals surface area contributed by atoms with Crippen LogP contribution in [0.2, 0.25) is 0 Å². The molecule has 0 aromatic heterocycles. The number of rotatable bonds is 6. The van der Waals surface area contributed by atoms with E-state index in [0.29, 0.717) is 12.0 Å². The van der Waals surface area contributed by atoms with Gasteiger partial charge < -0.3 is 10.1 Å². The number of nitrogens with one attached hydrogen (secondary N) is 2. The summed E-state index contributed by atoms with van der Waals surface area (Å²) in [6, 6.07) is 13.3. The highest BCUT2D eigenvalue weighted by molar-refractivity contribution is 7.90. The third kappa shape index (κ3) is 3.50. The van der Waals surface area contributed by atoms with Crippen molar-refractivity contribution in [3.8, 4) is 5.75 Å². The van der Waals surface area contributed by atoms with Gasteiger partial charge in [0.2, 0.25) is 12.0 Å². The first-order valence-electron chi connectivity index (χ1n) is 10.1. The van der Waals surface area contributed by atoms with Crippen LogP contribution in [0.5, 0.6) is 5.75 Å². The number of ether oxygens (including phenoxy) is 1. The molecule has 4 rings (SSSR count). The van der Waals surface area contributed by atoms with Crippen molar-refractivity contribution in [2.75, 3.05) is 5.32 Å². The first kappa shape index (κ1) is 21.1. The summed E-state index contributed by atoms with van der Waals surface area (Å²) in [5, 5.41) is 2.64. The van der Waals surface area contributed by atoms with Gasteiger partial charge in [-0.25, -0.2) is 13.1 Å². The van der Waals surface area contributed by atoms with Crippen molar-refractivity contribution in [3.05, 3.63) is 66.7 Å². The Morgan fingerprint density at radius 3 is 2.55 bits per heavy atom. The SMILES string of the molecule is C=C[C@@H]1C[C@@]1(C(=O)NS(=O)(=O)c1cccc2c1NC(=O)C(c1ccccc1)O2)C(C)C. The van der Waals surface area contributed by atoms with E-state index >= 15 is 0 Å². The number of hydrogen-bond donors (Lipinski definition) is 2. The molecule has 1 saturated carbocycles. The lowest BCUT2D eigenvalue weighted by atomic mass is 9.89. The molecular formula is C23H24N2O5S. The van der Waals surface area contributed by atoms with Gasteiger partial charge >= 0.3 is 0 Å². The van der Waals surface area contributed by atoms with Crippen LogP contribution in [0.4, 0.5) is 5.69 Å². The fourth-order valence-corrected chi connectivity index (χ4v) is 5.45. The standard InChI is InChI=1S/C23H24N2O5S/c1-4-16-13-23(16,14(2)3)22(27)25-31(28,29)18-12-8-11-17-19(18)24-21(26)20(30-17)15-9-6-5-7-10-15/h4-12,14,16,20H,1,13H2,2-3H3,(H,24,26)(H,25,27)/t16-,20?,23-/m1/s1. The summed E-state index contributed by atoms with van der Waals surface area (Å²) in [6.45, 7) is 7.52. The topological polar surface area (TPSA) is 102 Å². The Kier molecular flexibility index (Phi) is 5.13. The molecule has 1 unspecified atom stereocenters. The number of hydrogen-bond acceptors (Lipinski definition) is 5. The van der Waals surface area contributed by atoms with Crippen molar-refractivity contribution in [2.24, 2.45) is 17.3 Å². The highest BCUT2D eigenvalue weighted by atomic mass is 32.2. The third-order valence-electron chi connectivity index (χ3n) is 6.13. The average molecular weight is 441 g/mol. The van der Waals surface area contributed by atoms with E-state index < -0.39 is 33.4 Å². The number of sulfonamides is 1. The molecule has 162 valence electrons. The lowest BCUT2D eigenvalue weighted by Crippen LogP contribution is -2.40. The lowest BCUT2D eigenvalue weighted by Gasteiger charge is -2.28. The Balaban J connectivity index is 1.64. The van der Waals surface area contributed by atoms with Crippen LogP contribution in [0, 0.1) is 17.3 Å². The number of fused-ring (bicyclic) bond motifs is 1. The molecule has 8 heteroatoms. The monoisotopic (exact) mass is 440 g/mol. The quantitative estimate of drug-likeness (QED) is 0.671. The lowest BCUT2D eigenvalue weighted by molar-refractivity contribution is -0.126. The minimum absolute atomic E-state index is 0.0228. The van der Waals surface area contributed by atoms with Crippen molar-refractivity contribution in [3.63, 3.8) is 0 Å². The molecule has 3 atom stereocenters. The molecule has 0 bridgehead atoms. The van der Waals surface area contributed by atoms with E-state index in [1.807, 2.05) is 19.9 Å². The van der Waals surface area contributed by atoms with E-state index in [2.05, 4.69) is 16.6 Å². The van der Waals surface area contributed by atoms with Gasteiger partial charge in [0, 0.05) is 5.56 Å². The second-order valence-electron chi connectivity index (χ2n) is 8.20. The summed E-state index contributed by atoms with van der Waals surface area (Å²) in [7, 11) is -4.24. The van der Waals surface area contributed by atoms with Gasteiger partial charge in [-0.3, -0.25) is 9.59 Å². The number of allylic oxidation sites excluding steroid dienone is 1. The smallest absolute Gasteiger partial charge is 0.270 e. The number of carbonyl (C=O) groups is 2. The maximum Gasteiger partial charge on any atom is 0.270 e. The Bertz CT molecular complexity index is 1160. The van der Waals surface area contributed by atoms with Crippen LogP contribution in [-0.4, -0.2) is 20.2 Å². The molecule has 1 aliphatic heterocycles. The van der Waals surface area contributed by atoms with Crippen LogP contribution < -0.4 is 14.8 Å². The molecule has 2 aromatic rings. The van der Waals surface area contributed by atoms with E-state index in [9.17, 15) is 18.0 Å². The zero-order chi connectivity index (χ0) is 22.4. The normalized spacial score (nSPS) is 24.5. The van der Waals surface area contributed by atoms with Crippen LogP contribution in [0.25, 0.3) is 0 Å². The van der Waals surface area contributed by atoms with Gasteiger partial charge in [0.25, 0.3) is 15.9 Å². The van der Waals surface area contributed by atoms with Crippen molar-refractivity contribution >= 4 is 27.5 Å². The minimum Gasteiger partial charge on any atom is -0.474 e. The van der Waals surface area contributed by atoms with Gasteiger partial charge in [-0.05, 0) is 30.4 Å². The largest absolute Gasteiger partial charge is 0.474 e. The van der Waals surface area contributed by atoms with Crippen molar-refractivity contribution in [2.45, 2.75) is 31.3 Å². The first-order chi connectivity index (χ1) is 14.7. The molecule has 1 heterocycles. The fourth-order valence-electron chi connectivity index (χ4n) is 4.23. The molecule has 2 aliphatic rings. The summed E-state index contributed by atoms with van der Waals surface area (Å²) in [5.41, 5.74) is -0.119. The maximum atomic E-state index is 13.1. The molecule has 1 fully saturated rings. The second kappa shape index (κ2) is 7.53. The van der Waals surface area contributed by atoms with Crippen molar-refractivity contribution in [1.29, 1.82) is 0 Å². The second-order valence-corrected chi connectivity index (χ2v) is 9.85. The highest BCUT2D eigenvalue weighted by Gasteiger charge is 2.61. The predicted molar refractivity (Wildman–Crippen MR) is 116 cm³/mol. The summed E-state index contributed by atoms with van der Waals surface area (Å²) in [4.78, 5) is 25.4. The molecule has 2 amide bonds. The first-order valence-corrected chi connectivity index (χ1v) is 11.5. The minimum atomic E-state index is -4.24. The number of anilines is 1. The van der Waals surface area contributed by atoms with Gasteiger partial charge in [0.15, 0.2) is 0 Å². The molecule has 0 spiro atoms. The summed E-state index contributed by atoms with van der Waals surface area (Å²) < 4.78 is 34.2. The third-order valence-corrected chi connectivity index (χ3v) is 7.51. The average Bonchev–Trinajstić information content (AvgIpc) is 3.49. The Morgan fingerprint density at radius 2 is 1.94 bits per heavy atom. The molecule has 7 nitrogen and oxygen atoms in total. The summed E-state index contributed by atoms with van der Waals surface area (Å²) in [6.07, 6.45) is 1.35. The zero-order valence-corrected chi connectivity index (χ0v) is 18.1. The van der Waals surface area contributed by atoms with Crippen LogP contribution in [0.15, 0.2) is 66.1 Å². The van der Waals surface area contributed by atoms with E-state index in [1.165, 1.54) is 12.1 Å². The van der Waals surface area contributed by atoms with Crippen molar-refractivity contribution < 1.29 is 22.7 Å². The van der Waals surface area contributed by atoms with Crippen LogP contribution in [0.3, 0.4) is 0 Å². The van der Waals surface area contributed by atoms with Crippen LogP contribution >= 0.6 is 0 Å². The molecule has 2 N–H and O–H groups in total. The number of amides is 2. The predicted octanol–water partition coefficient (Wildman–Crippen LogP) is 3.41. The van der Waals surface area contributed by atoms with Crippen LogP contribution in [0.1, 0.15) is 31.9 Å². The molecule has 31 heavy (non-hydrogen) atoms. The Labute approximate surface area is 181 Å². The van der Waals surface area contributed by atoms with Crippen molar-refractivity contribution in [1.82, 2.24) is 4.72 Å². The zero-order valence-electron chi connectivity index (χ0n) is 17.3. The Morgan fingerprint density at radius 1 is 1.23 bits per heavy atom. The van der Waals surface area contributed by atoms with Crippen LogP contribution in [-0.2, 0) is 19.6 Å². The molecule has 0 radical (unpaired) electrons. The van der Waals surface area contributed by atoms with Gasteiger partial charge in [0.1, 0.15) is 16.3 Å². The van der Waals surface area contributed by atoms with Gasteiger partial charge in [0.05, 0.1) is 5.41 Å². The number of para-hydroxylation sites is 1. The van der Waals surface area contributed by atoms with E-state index in [4.69, 9.17) is 4.74 Å². The molecule has 0 saturated heterocycles. The maximum absolute atomic E-state index is 13.1. The van der Waals surface area contributed by atoms with Gasteiger partial charge in [-0.15, -0.1) is 6.58 Å². The summed E-state index contributed by atoms with van der Waals surface area (Å²) in [5.74, 6) is -0.944. The van der Waals surface area contributed by atoms with E-state index in [1.54, 1.807) is 36.4 Å². The van der Waals surface area contributed by atoms with E-state index in [0.717, 1.165) is 0 Å². The fraction of sp³-hybridized carbons (Fsp3) is 0.304. The van der Waals surface area contributed by atoms with Gasteiger partial charge in [-0.1, -0.05) is 56.3 Å². The van der Waals surface area contributed by atoms with E-state index in [-0.39, 0.29) is 28.2 Å². The summed E-state index contributed by atoms with van der Waals surface area (Å²) >= 11 is 0. The molecule has 2 aromatic carbocycles. The number of benzene rings is 2. The Hall–Kier alpha value is -3.13. The molecular weight excluding hydrogens is 416 g/mol. The highest BCUT2D eigenvalue weighted by Crippen LogP contribution is 2.58.